The van der Waals surface area contributed by atoms with Crippen molar-refractivity contribution in [3.05, 3.63) is 70.2 Å². The summed E-state index contributed by atoms with van der Waals surface area (Å²) in [6, 6.07) is 12.6. The van der Waals surface area contributed by atoms with Crippen molar-refractivity contribution in [1.82, 2.24) is 4.90 Å². The summed E-state index contributed by atoms with van der Waals surface area (Å²) in [5.74, 6) is -1.88. The molecule has 0 radical (unpaired) electrons. The molecule has 2 aromatic carbocycles. The van der Waals surface area contributed by atoms with Crippen LogP contribution in [0.25, 0.3) is 0 Å². The normalized spacial score (nSPS) is 13.6. The molecular weight excluding hydrogens is 278 g/mol. The Morgan fingerprint density at radius 2 is 1.55 bits per heavy atom. The highest BCUT2D eigenvalue weighted by Gasteiger charge is 2.40. The van der Waals surface area contributed by atoms with Gasteiger partial charge in [0.2, 0.25) is 0 Å². The average molecular weight is 286 g/mol. The van der Waals surface area contributed by atoms with E-state index in [9.17, 15) is 14.4 Å². The van der Waals surface area contributed by atoms with Gasteiger partial charge in [0.05, 0.1) is 11.1 Å². The molecule has 3 amide bonds. The first-order chi connectivity index (χ1) is 9.59. The molecule has 98 valence electrons. The Morgan fingerprint density at radius 1 is 0.900 bits per heavy atom. The second kappa shape index (κ2) is 4.58. The van der Waals surface area contributed by atoms with E-state index >= 15 is 0 Å². The number of amides is 3. The maximum atomic E-state index is 12.3. The van der Waals surface area contributed by atoms with Gasteiger partial charge in [-0.25, -0.2) is 4.90 Å². The number of carbonyl (C=O) groups is 3. The predicted octanol–water partition coefficient (Wildman–Crippen LogP) is 2.78. The molecular formula is C15H8ClNO3. The lowest BCUT2D eigenvalue weighted by molar-refractivity contribution is 0.0566. The molecule has 1 aliphatic heterocycles. The zero-order valence-electron chi connectivity index (χ0n) is 10.2. The van der Waals surface area contributed by atoms with Crippen molar-refractivity contribution >= 4 is 29.3 Å². The Bertz CT molecular complexity index is 740. The minimum atomic E-state index is -0.638. The minimum Gasteiger partial charge on any atom is -0.268 e. The van der Waals surface area contributed by atoms with Gasteiger partial charge in [0.25, 0.3) is 17.7 Å². The Hall–Kier alpha value is -2.46. The molecule has 0 unspecified atom stereocenters. The van der Waals surface area contributed by atoms with E-state index in [0.717, 1.165) is 0 Å². The standard InChI is InChI=1S/C15H8ClNO3/c16-10-6-7-11-12(8-10)15(20)17(14(11)19)13(18)9-4-2-1-3-5-9/h1-8H. The maximum Gasteiger partial charge on any atom is 0.268 e. The molecule has 0 aliphatic carbocycles. The topological polar surface area (TPSA) is 54.5 Å². The molecule has 3 rings (SSSR count). The molecule has 0 spiro atoms. The molecule has 20 heavy (non-hydrogen) atoms. The molecule has 0 saturated heterocycles. The summed E-state index contributed by atoms with van der Waals surface area (Å²) in [7, 11) is 0. The lowest BCUT2D eigenvalue weighted by atomic mass is 10.1. The summed E-state index contributed by atoms with van der Waals surface area (Å²) in [4.78, 5) is 37.3. The summed E-state index contributed by atoms with van der Waals surface area (Å²) >= 11 is 5.81. The van der Waals surface area contributed by atoms with E-state index in [1.807, 2.05) is 0 Å². The van der Waals surface area contributed by atoms with Crippen LogP contribution < -0.4 is 0 Å². The van der Waals surface area contributed by atoms with Crippen LogP contribution in [-0.2, 0) is 0 Å². The molecule has 1 aliphatic rings. The quantitative estimate of drug-likeness (QED) is 0.757. The third kappa shape index (κ3) is 1.82. The summed E-state index contributed by atoms with van der Waals surface area (Å²) in [6.45, 7) is 0. The van der Waals surface area contributed by atoms with E-state index in [0.29, 0.717) is 9.92 Å². The highest BCUT2D eigenvalue weighted by molar-refractivity contribution is 6.34. The van der Waals surface area contributed by atoms with E-state index in [2.05, 4.69) is 0 Å². The summed E-state index contributed by atoms with van der Waals surface area (Å²) in [5.41, 5.74) is 0.642. The van der Waals surface area contributed by atoms with Gasteiger partial charge in [-0.05, 0) is 30.3 Å². The molecule has 2 aromatic rings. The SMILES string of the molecule is O=C(c1ccccc1)N1C(=O)c2ccc(Cl)cc2C1=O. The van der Waals surface area contributed by atoms with Gasteiger partial charge < -0.3 is 0 Å². The number of hydrogen-bond donors (Lipinski definition) is 0. The molecule has 0 fully saturated rings. The highest BCUT2D eigenvalue weighted by atomic mass is 35.5. The predicted molar refractivity (Wildman–Crippen MR) is 72.7 cm³/mol. The van der Waals surface area contributed by atoms with Crippen molar-refractivity contribution in [2.75, 3.05) is 0 Å². The van der Waals surface area contributed by atoms with Crippen molar-refractivity contribution in [2.45, 2.75) is 0 Å². The van der Waals surface area contributed by atoms with Crippen LogP contribution in [0.5, 0.6) is 0 Å². The molecule has 1 heterocycles. The van der Waals surface area contributed by atoms with Gasteiger partial charge in [-0.2, -0.15) is 0 Å². The largest absolute Gasteiger partial charge is 0.268 e. The van der Waals surface area contributed by atoms with Crippen molar-refractivity contribution < 1.29 is 14.4 Å². The van der Waals surface area contributed by atoms with Crippen molar-refractivity contribution in [2.24, 2.45) is 0 Å². The summed E-state index contributed by atoms with van der Waals surface area (Å²) in [6.07, 6.45) is 0. The van der Waals surface area contributed by atoms with Gasteiger partial charge in [-0.3, -0.25) is 14.4 Å². The van der Waals surface area contributed by atoms with Gasteiger partial charge in [-0.15, -0.1) is 0 Å². The van der Waals surface area contributed by atoms with Gasteiger partial charge in [0.15, 0.2) is 0 Å². The number of hydrogen-bond acceptors (Lipinski definition) is 3. The van der Waals surface area contributed by atoms with E-state index in [1.54, 1.807) is 30.3 Å². The first-order valence-corrected chi connectivity index (χ1v) is 6.25. The van der Waals surface area contributed by atoms with E-state index in [-0.39, 0.29) is 16.7 Å². The molecule has 5 heteroatoms. The summed E-state index contributed by atoms with van der Waals surface area (Å²) < 4.78 is 0. The van der Waals surface area contributed by atoms with Crippen LogP contribution in [0.4, 0.5) is 0 Å². The maximum absolute atomic E-state index is 12.3. The lowest BCUT2D eigenvalue weighted by Crippen LogP contribution is -2.36. The highest BCUT2D eigenvalue weighted by Crippen LogP contribution is 2.27. The van der Waals surface area contributed by atoms with Gasteiger partial charge in [0, 0.05) is 10.6 Å². The lowest BCUT2D eigenvalue weighted by Gasteiger charge is -2.11. The number of rotatable bonds is 1. The summed E-state index contributed by atoms with van der Waals surface area (Å²) in [5, 5.41) is 0.346. The number of benzene rings is 2. The first-order valence-electron chi connectivity index (χ1n) is 5.87. The second-order valence-corrected chi connectivity index (χ2v) is 4.74. The zero-order chi connectivity index (χ0) is 14.3. The van der Waals surface area contributed by atoms with Crippen LogP contribution in [0, 0.1) is 0 Å². The molecule has 0 aromatic heterocycles. The van der Waals surface area contributed by atoms with Crippen LogP contribution in [0.15, 0.2) is 48.5 Å². The molecule has 0 bridgehead atoms. The Labute approximate surface area is 119 Å². The van der Waals surface area contributed by atoms with E-state index < -0.39 is 17.7 Å². The first kappa shape index (κ1) is 12.6. The van der Waals surface area contributed by atoms with Gasteiger partial charge >= 0.3 is 0 Å². The van der Waals surface area contributed by atoms with Crippen molar-refractivity contribution in [3.8, 4) is 0 Å². The van der Waals surface area contributed by atoms with Gasteiger partial charge in [0.1, 0.15) is 0 Å². The Kier molecular flexibility index (Phi) is 2.88. The third-order valence-corrected chi connectivity index (χ3v) is 3.31. The van der Waals surface area contributed by atoms with Crippen molar-refractivity contribution in [3.63, 3.8) is 0 Å². The Morgan fingerprint density at radius 3 is 2.25 bits per heavy atom. The fourth-order valence-corrected chi connectivity index (χ4v) is 2.28. The van der Waals surface area contributed by atoms with Crippen LogP contribution in [0.3, 0.4) is 0 Å². The Balaban J connectivity index is 2.04. The van der Waals surface area contributed by atoms with Crippen LogP contribution >= 0.6 is 11.6 Å². The molecule has 0 atom stereocenters. The molecule has 4 nitrogen and oxygen atoms in total. The van der Waals surface area contributed by atoms with Crippen LogP contribution in [0.1, 0.15) is 31.1 Å². The number of imide groups is 3. The fraction of sp³-hybridized carbons (Fsp3) is 0. The van der Waals surface area contributed by atoms with E-state index in [1.165, 1.54) is 18.2 Å². The monoisotopic (exact) mass is 285 g/mol. The smallest absolute Gasteiger partial charge is 0.268 e. The van der Waals surface area contributed by atoms with Crippen LogP contribution in [-0.4, -0.2) is 22.6 Å². The van der Waals surface area contributed by atoms with Gasteiger partial charge in [-0.1, -0.05) is 29.8 Å². The van der Waals surface area contributed by atoms with Crippen molar-refractivity contribution in [1.29, 1.82) is 0 Å². The average Bonchev–Trinajstić information content (AvgIpc) is 2.71. The second-order valence-electron chi connectivity index (χ2n) is 4.31. The number of nitrogens with zero attached hydrogens (tertiary/aromatic N) is 1. The number of fused-ring (bicyclic) bond motifs is 1. The molecule has 0 saturated carbocycles. The molecule has 0 N–H and O–H groups in total. The van der Waals surface area contributed by atoms with E-state index in [4.69, 9.17) is 11.6 Å². The third-order valence-electron chi connectivity index (χ3n) is 3.07. The minimum absolute atomic E-state index is 0.159. The fourth-order valence-electron chi connectivity index (χ4n) is 2.11. The van der Waals surface area contributed by atoms with Crippen LogP contribution in [0.2, 0.25) is 5.02 Å². The number of halogens is 1. The number of carbonyl (C=O) groups excluding carboxylic acids is 3. The zero-order valence-corrected chi connectivity index (χ0v) is 10.9.